The normalized spacial score (nSPS) is 27.9. The summed E-state index contributed by atoms with van der Waals surface area (Å²) in [6.07, 6.45) is 5.50. The second-order valence-electron chi connectivity index (χ2n) is 4.04. The van der Waals surface area contributed by atoms with Gasteiger partial charge in [0.1, 0.15) is 0 Å². The third-order valence-corrected chi connectivity index (χ3v) is 3.02. The molecule has 0 aliphatic carbocycles. The van der Waals surface area contributed by atoms with Crippen LogP contribution in [0.3, 0.4) is 0 Å². The average Bonchev–Trinajstić information content (AvgIpc) is 2.65. The highest BCUT2D eigenvalue weighted by molar-refractivity contribution is 5.04. The summed E-state index contributed by atoms with van der Waals surface area (Å²) in [6.45, 7) is 3.34. The molecule has 1 aliphatic rings. The van der Waals surface area contributed by atoms with Gasteiger partial charge in [-0.1, -0.05) is 6.92 Å². The number of piperidine rings is 1. The van der Waals surface area contributed by atoms with Gasteiger partial charge in [-0.2, -0.15) is 15.0 Å². The van der Waals surface area contributed by atoms with Crippen LogP contribution >= 0.6 is 0 Å². The summed E-state index contributed by atoms with van der Waals surface area (Å²) in [6, 6.07) is 0.663. The van der Waals surface area contributed by atoms with Crippen molar-refractivity contribution in [2.24, 2.45) is 7.05 Å². The minimum absolute atomic E-state index is 0.606. The number of nitrogens with one attached hydrogen (secondary N) is 1. The van der Waals surface area contributed by atoms with E-state index in [0.717, 1.165) is 12.2 Å². The smallest absolute Gasteiger partial charge is 0.0859 e. The molecule has 2 atom stereocenters. The van der Waals surface area contributed by atoms with Gasteiger partial charge in [-0.05, 0) is 25.8 Å². The zero-order valence-electron chi connectivity index (χ0n) is 8.90. The van der Waals surface area contributed by atoms with Crippen molar-refractivity contribution in [1.29, 1.82) is 0 Å². The van der Waals surface area contributed by atoms with E-state index in [4.69, 9.17) is 0 Å². The Labute approximate surface area is 84.7 Å². The van der Waals surface area contributed by atoms with E-state index in [2.05, 4.69) is 22.4 Å². The highest BCUT2D eigenvalue weighted by Crippen LogP contribution is 2.26. The summed E-state index contributed by atoms with van der Waals surface area (Å²) in [5.41, 5.74) is 1.16. The molecule has 1 aromatic rings. The van der Waals surface area contributed by atoms with E-state index < -0.39 is 0 Å². The fourth-order valence-electron chi connectivity index (χ4n) is 2.13. The van der Waals surface area contributed by atoms with Gasteiger partial charge in [-0.25, -0.2) is 0 Å². The van der Waals surface area contributed by atoms with Crippen LogP contribution in [0, 0.1) is 0 Å². The summed E-state index contributed by atoms with van der Waals surface area (Å²) in [5, 5.41) is 12.0. The maximum Gasteiger partial charge on any atom is 0.0859 e. The van der Waals surface area contributed by atoms with E-state index in [0.29, 0.717) is 12.0 Å². The number of rotatable bonds is 2. The first-order chi connectivity index (χ1) is 6.79. The van der Waals surface area contributed by atoms with Crippen molar-refractivity contribution < 1.29 is 0 Å². The first kappa shape index (κ1) is 9.65. The maximum atomic E-state index is 4.38. The molecule has 4 heteroatoms. The Balaban J connectivity index is 2.04. The first-order valence-electron chi connectivity index (χ1n) is 5.39. The fraction of sp³-hybridized carbons (Fsp3) is 0.800. The summed E-state index contributed by atoms with van der Waals surface area (Å²) in [5.74, 6) is 0.606. The van der Waals surface area contributed by atoms with Gasteiger partial charge in [-0.3, -0.25) is 0 Å². The Morgan fingerprint density at radius 2 is 2.50 bits per heavy atom. The fourth-order valence-corrected chi connectivity index (χ4v) is 2.13. The quantitative estimate of drug-likeness (QED) is 0.765. The van der Waals surface area contributed by atoms with Gasteiger partial charge >= 0.3 is 0 Å². The van der Waals surface area contributed by atoms with Crippen molar-refractivity contribution in [3.63, 3.8) is 0 Å². The summed E-state index contributed by atoms with van der Waals surface area (Å²) < 4.78 is 0. The molecule has 1 saturated heterocycles. The van der Waals surface area contributed by atoms with E-state index in [-0.39, 0.29) is 0 Å². The molecule has 1 N–H and O–H groups in total. The number of nitrogens with zero attached hydrogens (tertiary/aromatic N) is 3. The molecule has 0 bridgehead atoms. The van der Waals surface area contributed by atoms with Crippen LogP contribution in [0.5, 0.6) is 0 Å². The highest BCUT2D eigenvalue weighted by Gasteiger charge is 2.23. The molecule has 0 spiro atoms. The SMILES string of the molecule is CCC1CC(c2cnn(C)n2)CCN1. The minimum Gasteiger partial charge on any atom is -0.314 e. The lowest BCUT2D eigenvalue weighted by Gasteiger charge is -2.28. The third kappa shape index (κ3) is 1.95. The minimum atomic E-state index is 0.606. The molecule has 1 aromatic heterocycles. The molecule has 0 saturated carbocycles. The van der Waals surface area contributed by atoms with E-state index in [1.165, 1.54) is 19.3 Å². The lowest BCUT2D eigenvalue weighted by molar-refractivity contribution is 0.349. The monoisotopic (exact) mass is 194 g/mol. The Morgan fingerprint density at radius 1 is 1.64 bits per heavy atom. The van der Waals surface area contributed by atoms with Crippen LogP contribution < -0.4 is 5.32 Å². The Morgan fingerprint density at radius 3 is 3.14 bits per heavy atom. The van der Waals surface area contributed by atoms with E-state index in [1.807, 2.05) is 13.2 Å². The third-order valence-electron chi connectivity index (χ3n) is 3.02. The molecule has 0 aromatic carbocycles. The molecule has 2 unspecified atom stereocenters. The molecule has 1 aliphatic heterocycles. The van der Waals surface area contributed by atoms with Crippen LogP contribution in [-0.4, -0.2) is 27.6 Å². The van der Waals surface area contributed by atoms with Crippen LogP contribution in [0.25, 0.3) is 0 Å². The van der Waals surface area contributed by atoms with Crippen molar-refractivity contribution in [2.75, 3.05) is 6.54 Å². The molecule has 0 radical (unpaired) electrons. The second kappa shape index (κ2) is 4.09. The molecule has 78 valence electrons. The predicted octanol–water partition coefficient (Wildman–Crippen LogP) is 1.06. The lowest BCUT2D eigenvalue weighted by atomic mass is 9.89. The lowest BCUT2D eigenvalue weighted by Crippen LogP contribution is -2.36. The highest BCUT2D eigenvalue weighted by atomic mass is 15.4. The van der Waals surface area contributed by atoms with Crippen molar-refractivity contribution in [1.82, 2.24) is 20.3 Å². The van der Waals surface area contributed by atoms with Gasteiger partial charge in [0.05, 0.1) is 11.9 Å². The largest absolute Gasteiger partial charge is 0.314 e. The van der Waals surface area contributed by atoms with Crippen molar-refractivity contribution in [3.8, 4) is 0 Å². The number of hydrogen-bond acceptors (Lipinski definition) is 3. The molecular formula is C10H18N4. The van der Waals surface area contributed by atoms with Crippen LogP contribution in [0.4, 0.5) is 0 Å². The predicted molar refractivity (Wildman–Crippen MR) is 55.1 cm³/mol. The number of aryl methyl sites for hydroxylation is 1. The molecule has 2 rings (SSSR count). The standard InChI is InChI=1S/C10H18N4/c1-3-9-6-8(4-5-11-9)10-7-12-14(2)13-10/h7-9,11H,3-6H2,1-2H3. The van der Waals surface area contributed by atoms with E-state index in [9.17, 15) is 0 Å². The van der Waals surface area contributed by atoms with E-state index >= 15 is 0 Å². The molecule has 0 amide bonds. The summed E-state index contributed by atoms with van der Waals surface area (Å²) in [4.78, 5) is 1.65. The first-order valence-corrected chi connectivity index (χ1v) is 5.39. The molecule has 4 nitrogen and oxygen atoms in total. The second-order valence-corrected chi connectivity index (χ2v) is 4.04. The Bertz CT molecular complexity index is 294. The van der Waals surface area contributed by atoms with Crippen LogP contribution in [0.1, 0.15) is 37.8 Å². The van der Waals surface area contributed by atoms with Crippen molar-refractivity contribution in [2.45, 2.75) is 38.1 Å². The topological polar surface area (TPSA) is 42.7 Å². The van der Waals surface area contributed by atoms with Crippen LogP contribution in [0.15, 0.2) is 6.20 Å². The van der Waals surface area contributed by atoms with Gasteiger partial charge in [0.15, 0.2) is 0 Å². The maximum absolute atomic E-state index is 4.38. The van der Waals surface area contributed by atoms with Crippen LogP contribution in [-0.2, 0) is 7.05 Å². The van der Waals surface area contributed by atoms with Gasteiger partial charge < -0.3 is 5.32 Å². The van der Waals surface area contributed by atoms with Gasteiger partial charge in [0.25, 0.3) is 0 Å². The Hall–Kier alpha value is -0.900. The summed E-state index contributed by atoms with van der Waals surface area (Å²) in [7, 11) is 1.88. The van der Waals surface area contributed by atoms with Crippen molar-refractivity contribution >= 4 is 0 Å². The van der Waals surface area contributed by atoms with Gasteiger partial charge in [0, 0.05) is 19.0 Å². The molecule has 1 fully saturated rings. The Kier molecular flexibility index (Phi) is 2.82. The van der Waals surface area contributed by atoms with Gasteiger partial charge in [-0.15, -0.1) is 0 Å². The zero-order valence-corrected chi connectivity index (χ0v) is 8.90. The molecule has 14 heavy (non-hydrogen) atoms. The molecular weight excluding hydrogens is 176 g/mol. The van der Waals surface area contributed by atoms with Crippen LogP contribution in [0.2, 0.25) is 0 Å². The average molecular weight is 194 g/mol. The van der Waals surface area contributed by atoms with Crippen molar-refractivity contribution in [3.05, 3.63) is 11.9 Å². The molecule has 2 heterocycles. The number of hydrogen-bond donors (Lipinski definition) is 1. The van der Waals surface area contributed by atoms with E-state index in [1.54, 1.807) is 4.80 Å². The number of aromatic nitrogens is 3. The summed E-state index contributed by atoms with van der Waals surface area (Å²) >= 11 is 0. The van der Waals surface area contributed by atoms with Gasteiger partial charge in [0.2, 0.25) is 0 Å². The zero-order chi connectivity index (χ0) is 9.97.